The summed E-state index contributed by atoms with van der Waals surface area (Å²) in [6.45, 7) is 1.77. The van der Waals surface area contributed by atoms with Crippen molar-refractivity contribution in [3.63, 3.8) is 0 Å². The fourth-order valence-electron chi connectivity index (χ4n) is 2.74. The van der Waals surface area contributed by atoms with Crippen molar-refractivity contribution in [3.05, 3.63) is 60.0 Å². The molecule has 0 fully saturated rings. The van der Waals surface area contributed by atoms with Crippen molar-refractivity contribution in [2.75, 3.05) is 7.11 Å². The Morgan fingerprint density at radius 3 is 2.61 bits per heavy atom. The number of benzene rings is 1. The lowest BCUT2D eigenvalue weighted by Gasteiger charge is -2.22. The summed E-state index contributed by atoms with van der Waals surface area (Å²) < 4.78 is 6.79. The van der Waals surface area contributed by atoms with E-state index in [1.807, 2.05) is 36.4 Å². The van der Waals surface area contributed by atoms with Gasteiger partial charge in [-0.1, -0.05) is 24.3 Å². The van der Waals surface area contributed by atoms with Crippen LogP contribution in [-0.4, -0.2) is 28.3 Å². The molecule has 0 saturated carbocycles. The summed E-state index contributed by atoms with van der Waals surface area (Å²) in [4.78, 5) is 11.7. The Kier molecular flexibility index (Phi) is 3.78. The molecule has 23 heavy (non-hydrogen) atoms. The van der Waals surface area contributed by atoms with Crippen molar-refractivity contribution in [1.29, 1.82) is 0 Å². The van der Waals surface area contributed by atoms with Crippen molar-refractivity contribution < 1.29 is 14.6 Å². The molecule has 1 unspecified atom stereocenters. The van der Waals surface area contributed by atoms with Crippen LogP contribution >= 0.6 is 0 Å². The number of nitrogens with zero attached hydrogens (tertiary/aromatic N) is 2. The number of allylic oxidation sites excluding steroid dienone is 4. The number of aldehydes is 1. The first-order valence-electron chi connectivity index (χ1n) is 7.35. The molecule has 118 valence electrons. The second kappa shape index (κ2) is 5.76. The number of ether oxygens (including phenoxy) is 1. The van der Waals surface area contributed by atoms with Gasteiger partial charge in [0.2, 0.25) is 0 Å². The fraction of sp³-hybridized carbons (Fsp3) is 0.222. The number of rotatable bonds is 4. The molecule has 1 aliphatic rings. The molecule has 0 spiro atoms. The van der Waals surface area contributed by atoms with Crippen LogP contribution in [0, 0.1) is 6.92 Å². The van der Waals surface area contributed by atoms with E-state index in [1.54, 1.807) is 30.9 Å². The second-order valence-electron chi connectivity index (χ2n) is 5.54. The molecule has 1 aromatic heterocycles. The Morgan fingerprint density at radius 2 is 2.04 bits per heavy atom. The van der Waals surface area contributed by atoms with Crippen LogP contribution in [0.15, 0.2) is 48.6 Å². The summed E-state index contributed by atoms with van der Waals surface area (Å²) in [7, 11) is 1.61. The average molecular weight is 310 g/mol. The number of aromatic hydroxyl groups is 1. The summed E-state index contributed by atoms with van der Waals surface area (Å²) in [5.74, 6) is 0.792. The summed E-state index contributed by atoms with van der Waals surface area (Å²) in [6, 6.07) is 7.36. The zero-order chi connectivity index (χ0) is 16.4. The van der Waals surface area contributed by atoms with Gasteiger partial charge >= 0.3 is 0 Å². The number of carbonyl (C=O) groups excluding carboxylic acids is 1. The molecule has 2 aromatic rings. The van der Waals surface area contributed by atoms with E-state index in [1.165, 1.54) is 0 Å². The van der Waals surface area contributed by atoms with E-state index in [4.69, 9.17) is 4.74 Å². The van der Waals surface area contributed by atoms with Crippen LogP contribution < -0.4 is 4.74 Å². The largest absolute Gasteiger partial charge is 0.504 e. The van der Waals surface area contributed by atoms with Crippen LogP contribution in [0.3, 0.4) is 0 Å². The molecule has 1 aromatic carbocycles. The van der Waals surface area contributed by atoms with E-state index in [-0.39, 0.29) is 5.75 Å². The quantitative estimate of drug-likeness (QED) is 0.882. The van der Waals surface area contributed by atoms with Gasteiger partial charge in [0.05, 0.1) is 23.9 Å². The van der Waals surface area contributed by atoms with Crippen molar-refractivity contribution in [2.45, 2.75) is 18.8 Å². The van der Waals surface area contributed by atoms with Gasteiger partial charge in [-0.3, -0.25) is 0 Å². The number of hydrogen-bond donors (Lipinski definition) is 1. The summed E-state index contributed by atoms with van der Waals surface area (Å²) >= 11 is 0. The van der Waals surface area contributed by atoms with Gasteiger partial charge < -0.3 is 14.6 Å². The third kappa shape index (κ3) is 2.44. The molecule has 1 aliphatic carbocycles. The van der Waals surface area contributed by atoms with Gasteiger partial charge in [0.15, 0.2) is 5.75 Å². The van der Waals surface area contributed by atoms with Gasteiger partial charge in [-0.05, 0) is 37.6 Å². The Morgan fingerprint density at radius 1 is 1.30 bits per heavy atom. The summed E-state index contributed by atoms with van der Waals surface area (Å²) in [5.41, 5.74) is 0.846. The van der Waals surface area contributed by atoms with Gasteiger partial charge in [0, 0.05) is 0 Å². The topological polar surface area (TPSA) is 64.4 Å². The molecule has 1 atom stereocenters. The van der Waals surface area contributed by atoms with Crippen molar-refractivity contribution in [2.24, 2.45) is 0 Å². The van der Waals surface area contributed by atoms with Crippen LogP contribution in [0.1, 0.15) is 17.8 Å². The first-order valence-corrected chi connectivity index (χ1v) is 7.35. The number of aromatic nitrogens is 2. The molecule has 5 nitrogen and oxygen atoms in total. The molecule has 3 rings (SSSR count). The highest BCUT2D eigenvalue weighted by molar-refractivity contribution is 5.74. The van der Waals surface area contributed by atoms with E-state index in [2.05, 4.69) is 5.10 Å². The molecule has 0 radical (unpaired) electrons. The average Bonchev–Trinajstić information content (AvgIpc) is 2.91. The predicted octanol–water partition coefficient (Wildman–Crippen LogP) is 2.85. The van der Waals surface area contributed by atoms with Crippen molar-refractivity contribution >= 4 is 6.29 Å². The monoisotopic (exact) mass is 310 g/mol. The number of hydrogen-bond acceptors (Lipinski definition) is 4. The van der Waals surface area contributed by atoms with Crippen LogP contribution in [0.4, 0.5) is 0 Å². The molecule has 0 aliphatic heterocycles. The second-order valence-corrected chi connectivity index (χ2v) is 5.54. The van der Waals surface area contributed by atoms with Crippen LogP contribution in [0.2, 0.25) is 0 Å². The lowest BCUT2D eigenvalue weighted by molar-refractivity contribution is -0.111. The fourth-order valence-corrected chi connectivity index (χ4v) is 2.74. The van der Waals surface area contributed by atoms with E-state index in [0.29, 0.717) is 17.8 Å². The minimum absolute atomic E-state index is 0.0490. The maximum absolute atomic E-state index is 11.7. The van der Waals surface area contributed by atoms with Gasteiger partial charge in [0.1, 0.15) is 17.7 Å². The van der Waals surface area contributed by atoms with Crippen molar-refractivity contribution in [1.82, 2.24) is 9.78 Å². The lowest BCUT2D eigenvalue weighted by atomic mass is 9.79. The lowest BCUT2D eigenvalue weighted by Crippen LogP contribution is -2.27. The molecule has 0 bridgehead atoms. The van der Waals surface area contributed by atoms with Crippen LogP contribution in [0.5, 0.6) is 11.5 Å². The van der Waals surface area contributed by atoms with E-state index < -0.39 is 5.41 Å². The van der Waals surface area contributed by atoms with Crippen LogP contribution in [-0.2, 0) is 10.2 Å². The highest BCUT2D eigenvalue weighted by atomic mass is 16.5. The minimum Gasteiger partial charge on any atom is -0.504 e. The van der Waals surface area contributed by atoms with E-state index in [9.17, 15) is 9.90 Å². The van der Waals surface area contributed by atoms with Gasteiger partial charge in [0.25, 0.3) is 0 Å². The number of carbonyl (C=O) groups is 1. The molecule has 5 heteroatoms. The predicted molar refractivity (Wildman–Crippen MR) is 87.2 cm³/mol. The molecule has 1 heterocycles. The molecule has 0 amide bonds. The summed E-state index contributed by atoms with van der Waals surface area (Å²) in [5, 5.41) is 15.0. The maximum Gasteiger partial charge on any atom is 0.161 e. The zero-order valence-electron chi connectivity index (χ0n) is 13.1. The minimum atomic E-state index is -0.915. The zero-order valence-corrected chi connectivity index (χ0v) is 13.1. The highest BCUT2D eigenvalue weighted by Gasteiger charge is 2.36. The normalized spacial score (nSPS) is 19.7. The molecule has 1 N–H and O–H groups in total. The van der Waals surface area contributed by atoms with Gasteiger partial charge in [-0.15, -0.1) is 0 Å². The smallest absolute Gasteiger partial charge is 0.161 e. The molecule has 0 saturated heterocycles. The van der Waals surface area contributed by atoms with Crippen molar-refractivity contribution in [3.8, 4) is 17.2 Å². The third-order valence-electron chi connectivity index (χ3n) is 4.15. The SMILES string of the molecule is COc1ccc(-n2nc(C3(C=O)C=CC=CC3)c(O)c2C)cc1. The molecular weight excluding hydrogens is 292 g/mol. The Bertz CT molecular complexity index is 787. The van der Waals surface area contributed by atoms with Gasteiger partial charge in [-0.2, -0.15) is 5.10 Å². The first kappa shape index (κ1) is 15.1. The maximum atomic E-state index is 11.7. The Balaban J connectivity index is 2.09. The third-order valence-corrected chi connectivity index (χ3v) is 4.15. The van der Waals surface area contributed by atoms with E-state index >= 15 is 0 Å². The van der Waals surface area contributed by atoms with Gasteiger partial charge in [-0.25, -0.2) is 4.68 Å². The Labute approximate surface area is 134 Å². The summed E-state index contributed by atoms with van der Waals surface area (Å²) in [6.07, 6.45) is 8.69. The van der Waals surface area contributed by atoms with E-state index in [0.717, 1.165) is 17.7 Å². The first-order chi connectivity index (χ1) is 11.1. The standard InChI is InChI=1S/C18H18N2O3/c1-13-16(22)17(18(12-21)10-4-3-5-11-18)19-20(13)14-6-8-15(23-2)9-7-14/h3-10,12,22H,11H2,1-2H3. The number of methoxy groups -OCH3 is 1. The van der Waals surface area contributed by atoms with Crippen LogP contribution in [0.25, 0.3) is 5.69 Å². The highest BCUT2D eigenvalue weighted by Crippen LogP contribution is 2.38. The molecular formula is C18H18N2O3. The Hall–Kier alpha value is -2.82.